The van der Waals surface area contributed by atoms with Crippen LogP contribution in [0, 0.1) is 0 Å². The van der Waals surface area contributed by atoms with Crippen LogP contribution < -0.4 is 5.73 Å². The molecule has 0 heterocycles. The van der Waals surface area contributed by atoms with E-state index in [9.17, 15) is 5.11 Å². The lowest BCUT2D eigenvalue weighted by atomic mass is 10.1. The molecule has 4 heteroatoms. The fourth-order valence-corrected chi connectivity index (χ4v) is 1.66. The zero-order chi connectivity index (χ0) is 9.84. The molecule has 0 aliphatic heterocycles. The number of hydrogen-bond acceptors (Lipinski definition) is 2. The van der Waals surface area contributed by atoms with E-state index < -0.39 is 6.10 Å². The second-order valence-electron chi connectivity index (χ2n) is 2.87. The summed E-state index contributed by atoms with van der Waals surface area (Å²) in [6.07, 6.45) is -0.0499. The number of halogens is 2. The summed E-state index contributed by atoms with van der Waals surface area (Å²) >= 11 is 11.6. The van der Waals surface area contributed by atoms with Gasteiger partial charge in [0.05, 0.1) is 6.10 Å². The van der Waals surface area contributed by atoms with Crippen molar-refractivity contribution in [1.82, 2.24) is 0 Å². The maximum Gasteiger partial charge on any atom is 0.0702 e. The van der Waals surface area contributed by atoms with Crippen molar-refractivity contribution in [2.75, 3.05) is 6.54 Å². The molecule has 0 saturated heterocycles. The van der Waals surface area contributed by atoms with E-state index in [4.69, 9.17) is 28.9 Å². The van der Waals surface area contributed by atoms with Gasteiger partial charge in [0.15, 0.2) is 0 Å². The van der Waals surface area contributed by atoms with Crippen molar-refractivity contribution in [3.63, 3.8) is 0 Å². The molecule has 1 aromatic carbocycles. The molecule has 3 N–H and O–H groups in total. The topological polar surface area (TPSA) is 46.2 Å². The molecular formula is C9H11Cl2NO. The lowest BCUT2D eigenvalue weighted by Crippen LogP contribution is -2.21. The minimum absolute atomic E-state index is 0.240. The average Bonchev–Trinajstić information content (AvgIpc) is 2.02. The Bertz CT molecular complexity index is 271. The van der Waals surface area contributed by atoms with Crippen LogP contribution >= 0.6 is 23.2 Å². The first-order valence-electron chi connectivity index (χ1n) is 3.95. The van der Waals surface area contributed by atoms with Crippen LogP contribution in [0.5, 0.6) is 0 Å². The van der Waals surface area contributed by atoms with Crippen LogP contribution in [-0.4, -0.2) is 17.8 Å². The molecule has 2 nitrogen and oxygen atoms in total. The van der Waals surface area contributed by atoms with Crippen LogP contribution in [0.15, 0.2) is 18.2 Å². The maximum atomic E-state index is 9.28. The number of nitrogens with two attached hydrogens (primary N) is 1. The van der Waals surface area contributed by atoms with Crippen molar-refractivity contribution in [1.29, 1.82) is 0 Å². The third kappa shape index (κ3) is 3.53. The van der Waals surface area contributed by atoms with Gasteiger partial charge in [-0.25, -0.2) is 0 Å². The second kappa shape index (κ2) is 4.82. The largest absolute Gasteiger partial charge is 0.391 e. The molecule has 0 aromatic heterocycles. The van der Waals surface area contributed by atoms with Crippen LogP contribution in [0.1, 0.15) is 5.56 Å². The van der Waals surface area contributed by atoms with Crippen molar-refractivity contribution in [3.8, 4) is 0 Å². The Morgan fingerprint density at radius 1 is 1.23 bits per heavy atom. The Morgan fingerprint density at radius 2 is 1.77 bits per heavy atom. The third-order valence-electron chi connectivity index (χ3n) is 1.67. The molecule has 13 heavy (non-hydrogen) atoms. The number of aliphatic hydroxyl groups is 1. The van der Waals surface area contributed by atoms with Gasteiger partial charge in [0.1, 0.15) is 0 Å². The lowest BCUT2D eigenvalue weighted by molar-refractivity contribution is 0.183. The molecular weight excluding hydrogens is 209 g/mol. The van der Waals surface area contributed by atoms with Gasteiger partial charge in [0, 0.05) is 16.6 Å². The Kier molecular flexibility index (Phi) is 4.00. The quantitative estimate of drug-likeness (QED) is 0.816. The SMILES string of the molecule is NCC(O)Cc1cc(Cl)cc(Cl)c1. The molecule has 1 atom stereocenters. The van der Waals surface area contributed by atoms with Crippen molar-refractivity contribution in [3.05, 3.63) is 33.8 Å². The molecule has 0 bridgehead atoms. The normalized spacial score (nSPS) is 12.9. The summed E-state index contributed by atoms with van der Waals surface area (Å²) in [4.78, 5) is 0. The van der Waals surface area contributed by atoms with E-state index in [-0.39, 0.29) is 6.54 Å². The van der Waals surface area contributed by atoms with Crippen LogP contribution in [0.4, 0.5) is 0 Å². The van der Waals surface area contributed by atoms with E-state index in [0.717, 1.165) is 5.56 Å². The maximum absolute atomic E-state index is 9.28. The molecule has 1 aromatic rings. The van der Waals surface area contributed by atoms with E-state index >= 15 is 0 Å². The van der Waals surface area contributed by atoms with E-state index in [1.807, 2.05) is 0 Å². The predicted molar refractivity (Wildman–Crippen MR) is 55.2 cm³/mol. The molecule has 0 saturated carbocycles. The first-order valence-corrected chi connectivity index (χ1v) is 4.70. The highest BCUT2D eigenvalue weighted by atomic mass is 35.5. The van der Waals surface area contributed by atoms with Crippen molar-refractivity contribution >= 4 is 23.2 Å². The number of benzene rings is 1. The summed E-state index contributed by atoms with van der Waals surface area (Å²) in [6, 6.07) is 5.19. The van der Waals surface area contributed by atoms with Gasteiger partial charge >= 0.3 is 0 Å². The molecule has 1 rings (SSSR count). The van der Waals surface area contributed by atoms with Crippen LogP contribution in [0.3, 0.4) is 0 Å². The molecule has 0 amide bonds. The van der Waals surface area contributed by atoms with Gasteiger partial charge < -0.3 is 10.8 Å². The van der Waals surface area contributed by atoms with Gasteiger partial charge in [-0.2, -0.15) is 0 Å². The Hall–Kier alpha value is -0.280. The minimum Gasteiger partial charge on any atom is -0.391 e. The highest BCUT2D eigenvalue weighted by molar-refractivity contribution is 6.34. The molecule has 72 valence electrons. The van der Waals surface area contributed by atoms with Crippen molar-refractivity contribution < 1.29 is 5.11 Å². The fraction of sp³-hybridized carbons (Fsp3) is 0.333. The summed E-state index contributed by atoms with van der Waals surface area (Å²) in [7, 11) is 0. The molecule has 0 spiro atoms. The molecule has 0 aliphatic carbocycles. The third-order valence-corrected chi connectivity index (χ3v) is 2.10. The van der Waals surface area contributed by atoms with Gasteiger partial charge in [-0.3, -0.25) is 0 Å². The van der Waals surface area contributed by atoms with Gasteiger partial charge in [0.25, 0.3) is 0 Å². The minimum atomic E-state index is -0.533. The van der Waals surface area contributed by atoms with Crippen LogP contribution in [0.25, 0.3) is 0 Å². The molecule has 1 unspecified atom stereocenters. The smallest absolute Gasteiger partial charge is 0.0702 e. The van der Waals surface area contributed by atoms with Gasteiger partial charge in [-0.15, -0.1) is 0 Å². The fourth-order valence-electron chi connectivity index (χ4n) is 1.08. The van der Waals surface area contributed by atoms with Crippen LogP contribution in [0.2, 0.25) is 10.0 Å². The van der Waals surface area contributed by atoms with E-state index in [0.29, 0.717) is 16.5 Å². The van der Waals surface area contributed by atoms with E-state index in [2.05, 4.69) is 0 Å². The second-order valence-corrected chi connectivity index (χ2v) is 3.74. The molecule has 0 radical (unpaired) electrons. The summed E-state index contributed by atoms with van der Waals surface area (Å²) in [5.74, 6) is 0. The van der Waals surface area contributed by atoms with Crippen LogP contribution in [-0.2, 0) is 6.42 Å². The number of hydrogen-bond donors (Lipinski definition) is 2. The van der Waals surface area contributed by atoms with Gasteiger partial charge in [-0.1, -0.05) is 23.2 Å². The molecule has 0 fully saturated rings. The molecule has 0 aliphatic rings. The summed E-state index contributed by atoms with van der Waals surface area (Å²) in [5.41, 5.74) is 6.18. The lowest BCUT2D eigenvalue weighted by Gasteiger charge is -2.07. The van der Waals surface area contributed by atoms with E-state index in [1.165, 1.54) is 0 Å². The number of rotatable bonds is 3. The number of aliphatic hydroxyl groups excluding tert-OH is 1. The first-order chi connectivity index (χ1) is 6.11. The van der Waals surface area contributed by atoms with E-state index in [1.54, 1.807) is 18.2 Å². The standard InChI is InChI=1S/C9H11Cl2NO/c10-7-1-6(2-8(11)4-7)3-9(13)5-12/h1-2,4,9,13H,3,5,12H2. The predicted octanol–water partition coefficient (Wildman–Crippen LogP) is 1.86. The zero-order valence-electron chi connectivity index (χ0n) is 7.00. The van der Waals surface area contributed by atoms with Crippen molar-refractivity contribution in [2.45, 2.75) is 12.5 Å². The summed E-state index contributed by atoms with van der Waals surface area (Å²) in [5, 5.41) is 10.4. The first kappa shape index (κ1) is 10.8. The highest BCUT2D eigenvalue weighted by Crippen LogP contribution is 2.19. The van der Waals surface area contributed by atoms with Crippen molar-refractivity contribution in [2.24, 2.45) is 5.73 Å². The van der Waals surface area contributed by atoms with Gasteiger partial charge in [-0.05, 0) is 30.2 Å². The summed E-state index contributed by atoms with van der Waals surface area (Å²) in [6.45, 7) is 0.240. The summed E-state index contributed by atoms with van der Waals surface area (Å²) < 4.78 is 0. The Labute approximate surface area is 87.3 Å². The highest BCUT2D eigenvalue weighted by Gasteiger charge is 2.04. The monoisotopic (exact) mass is 219 g/mol. The Morgan fingerprint density at radius 3 is 2.23 bits per heavy atom. The average molecular weight is 220 g/mol. The Balaban J connectivity index is 2.77. The zero-order valence-corrected chi connectivity index (χ0v) is 8.52. The van der Waals surface area contributed by atoms with Gasteiger partial charge in [0.2, 0.25) is 0 Å².